The average molecular weight is 292 g/mol. The molecule has 0 amide bonds. The number of hydrogen-bond acceptors (Lipinski definition) is 3. The molecule has 3 rings (SSSR count). The first-order valence-corrected chi connectivity index (χ1v) is 7.56. The molecule has 0 aliphatic rings. The molecule has 3 aromatic rings. The van der Waals surface area contributed by atoms with Crippen LogP contribution in [0.25, 0.3) is 10.9 Å². The second-order valence-electron chi connectivity index (χ2n) is 5.72. The Morgan fingerprint density at radius 2 is 1.68 bits per heavy atom. The summed E-state index contributed by atoms with van der Waals surface area (Å²) in [4.78, 5) is 9.51. The van der Waals surface area contributed by atoms with Gasteiger partial charge in [0.1, 0.15) is 11.6 Å². The molecule has 0 saturated heterocycles. The number of nitrogens with zero attached hydrogens (tertiary/aromatic N) is 2. The van der Waals surface area contributed by atoms with Gasteiger partial charge in [-0.25, -0.2) is 9.97 Å². The molecule has 2 aromatic carbocycles. The van der Waals surface area contributed by atoms with E-state index in [9.17, 15) is 0 Å². The van der Waals surface area contributed by atoms with Crippen molar-refractivity contribution >= 4 is 10.9 Å². The Labute approximate surface area is 131 Å². The number of ether oxygens (including phenoxy) is 1. The van der Waals surface area contributed by atoms with Gasteiger partial charge in [-0.2, -0.15) is 0 Å². The van der Waals surface area contributed by atoms with Gasteiger partial charge >= 0.3 is 0 Å². The SMILES string of the molecule is COc1ccc(Cc2nc(C(C)C)c3ccccc3n2)cc1. The monoisotopic (exact) mass is 292 g/mol. The fraction of sp³-hybridized carbons (Fsp3) is 0.263. The predicted molar refractivity (Wildman–Crippen MR) is 89.4 cm³/mol. The average Bonchev–Trinajstić information content (AvgIpc) is 2.54. The fourth-order valence-corrected chi connectivity index (χ4v) is 2.60. The first-order valence-electron chi connectivity index (χ1n) is 7.56. The zero-order valence-electron chi connectivity index (χ0n) is 13.2. The van der Waals surface area contributed by atoms with Crippen LogP contribution in [0.4, 0.5) is 0 Å². The van der Waals surface area contributed by atoms with E-state index in [2.05, 4.69) is 38.1 Å². The molecule has 0 saturated carbocycles. The highest BCUT2D eigenvalue weighted by atomic mass is 16.5. The minimum Gasteiger partial charge on any atom is -0.497 e. The minimum atomic E-state index is 0.377. The number of aromatic nitrogens is 2. The molecular weight excluding hydrogens is 272 g/mol. The quantitative estimate of drug-likeness (QED) is 0.717. The van der Waals surface area contributed by atoms with Gasteiger partial charge in [0.05, 0.1) is 18.3 Å². The lowest BCUT2D eigenvalue weighted by Crippen LogP contribution is -2.03. The van der Waals surface area contributed by atoms with E-state index in [0.717, 1.165) is 34.6 Å². The van der Waals surface area contributed by atoms with E-state index in [-0.39, 0.29) is 0 Å². The smallest absolute Gasteiger partial charge is 0.133 e. The van der Waals surface area contributed by atoms with Crippen LogP contribution in [0.3, 0.4) is 0 Å². The Hall–Kier alpha value is -2.42. The van der Waals surface area contributed by atoms with E-state index < -0.39 is 0 Å². The van der Waals surface area contributed by atoms with Crippen molar-refractivity contribution < 1.29 is 4.74 Å². The van der Waals surface area contributed by atoms with E-state index in [4.69, 9.17) is 14.7 Å². The number of fused-ring (bicyclic) bond motifs is 1. The van der Waals surface area contributed by atoms with Crippen molar-refractivity contribution in [1.82, 2.24) is 9.97 Å². The topological polar surface area (TPSA) is 35.0 Å². The Bertz CT molecular complexity index is 779. The lowest BCUT2D eigenvalue weighted by molar-refractivity contribution is 0.414. The lowest BCUT2D eigenvalue weighted by Gasteiger charge is -2.11. The van der Waals surface area contributed by atoms with Gasteiger partial charge in [-0.1, -0.05) is 44.2 Å². The second kappa shape index (κ2) is 6.14. The molecule has 1 aromatic heterocycles. The van der Waals surface area contributed by atoms with Crippen LogP contribution in [0.2, 0.25) is 0 Å². The first-order chi connectivity index (χ1) is 10.7. The van der Waals surface area contributed by atoms with Crippen LogP contribution in [-0.4, -0.2) is 17.1 Å². The van der Waals surface area contributed by atoms with Gasteiger partial charge in [-0.3, -0.25) is 0 Å². The van der Waals surface area contributed by atoms with Crippen molar-refractivity contribution in [3.8, 4) is 5.75 Å². The Morgan fingerprint density at radius 1 is 0.955 bits per heavy atom. The van der Waals surface area contributed by atoms with E-state index in [1.54, 1.807) is 7.11 Å². The highest BCUT2D eigenvalue weighted by molar-refractivity contribution is 5.81. The van der Waals surface area contributed by atoms with Gasteiger partial charge in [0.2, 0.25) is 0 Å². The van der Waals surface area contributed by atoms with Gasteiger partial charge in [0, 0.05) is 11.8 Å². The fourth-order valence-electron chi connectivity index (χ4n) is 2.60. The summed E-state index contributed by atoms with van der Waals surface area (Å²) in [6.07, 6.45) is 0.731. The van der Waals surface area contributed by atoms with Gasteiger partial charge in [0.25, 0.3) is 0 Å². The maximum Gasteiger partial charge on any atom is 0.133 e. The molecule has 0 N–H and O–H groups in total. The van der Waals surface area contributed by atoms with Crippen molar-refractivity contribution in [1.29, 1.82) is 0 Å². The van der Waals surface area contributed by atoms with Gasteiger partial charge in [-0.05, 0) is 29.7 Å². The van der Waals surface area contributed by atoms with Crippen LogP contribution >= 0.6 is 0 Å². The molecule has 0 aliphatic carbocycles. The maximum atomic E-state index is 5.20. The summed E-state index contributed by atoms with van der Waals surface area (Å²) < 4.78 is 5.20. The molecule has 0 aliphatic heterocycles. The number of hydrogen-bond donors (Lipinski definition) is 0. The van der Waals surface area contributed by atoms with Crippen molar-refractivity contribution in [2.75, 3.05) is 7.11 Å². The highest BCUT2D eigenvalue weighted by Crippen LogP contribution is 2.23. The molecule has 1 heterocycles. The summed E-state index contributed by atoms with van der Waals surface area (Å²) in [5.74, 6) is 2.11. The highest BCUT2D eigenvalue weighted by Gasteiger charge is 2.11. The maximum absolute atomic E-state index is 5.20. The van der Waals surface area contributed by atoms with Crippen LogP contribution < -0.4 is 4.74 Å². The third-order valence-electron chi connectivity index (χ3n) is 3.75. The zero-order valence-corrected chi connectivity index (χ0v) is 13.2. The number of rotatable bonds is 4. The number of benzene rings is 2. The second-order valence-corrected chi connectivity index (χ2v) is 5.72. The van der Waals surface area contributed by atoms with E-state index in [1.165, 1.54) is 5.56 Å². The normalized spacial score (nSPS) is 11.1. The molecule has 112 valence electrons. The van der Waals surface area contributed by atoms with E-state index >= 15 is 0 Å². The molecule has 0 bridgehead atoms. The molecule has 0 radical (unpaired) electrons. The molecular formula is C19H20N2O. The summed E-state index contributed by atoms with van der Waals surface area (Å²) in [6, 6.07) is 16.3. The molecule has 22 heavy (non-hydrogen) atoms. The van der Waals surface area contributed by atoms with Crippen molar-refractivity contribution in [2.45, 2.75) is 26.2 Å². The minimum absolute atomic E-state index is 0.377. The van der Waals surface area contributed by atoms with Crippen LogP contribution in [0.5, 0.6) is 5.75 Å². The van der Waals surface area contributed by atoms with Gasteiger partial charge < -0.3 is 4.74 Å². The molecule has 3 heteroatoms. The summed E-state index contributed by atoms with van der Waals surface area (Å²) >= 11 is 0. The summed E-state index contributed by atoms with van der Waals surface area (Å²) in [5, 5.41) is 1.15. The van der Waals surface area contributed by atoms with Crippen LogP contribution in [0.1, 0.15) is 36.8 Å². The van der Waals surface area contributed by atoms with Gasteiger partial charge in [-0.15, -0.1) is 0 Å². The number of methoxy groups -OCH3 is 1. The Balaban J connectivity index is 1.99. The van der Waals surface area contributed by atoms with Crippen LogP contribution in [0.15, 0.2) is 48.5 Å². The first kappa shape index (κ1) is 14.5. The lowest BCUT2D eigenvalue weighted by atomic mass is 10.0. The van der Waals surface area contributed by atoms with Crippen molar-refractivity contribution in [2.24, 2.45) is 0 Å². The molecule has 0 spiro atoms. The van der Waals surface area contributed by atoms with Crippen LogP contribution in [0, 0.1) is 0 Å². The summed E-state index contributed by atoms with van der Waals surface area (Å²) in [7, 11) is 1.68. The van der Waals surface area contributed by atoms with Crippen LogP contribution in [-0.2, 0) is 6.42 Å². The summed E-state index contributed by atoms with van der Waals surface area (Å²) in [5.41, 5.74) is 3.32. The third kappa shape index (κ3) is 2.93. The molecule has 0 fully saturated rings. The largest absolute Gasteiger partial charge is 0.497 e. The van der Waals surface area contributed by atoms with Crippen molar-refractivity contribution in [3.05, 3.63) is 65.6 Å². The molecule has 0 unspecified atom stereocenters. The number of para-hydroxylation sites is 1. The van der Waals surface area contributed by atoms with Crippen molar-refractivity contribution in [3.63, 3.8) is 0 Å². The molecule has 0 atom stereocenters. The van der Waals surface area contributed by atoms with E-state index in [1.807, 2.05) is 24.3 Å². The Morgan fingerprint density at radius 3 is 2.36 bits per heavy atom. The van der Waals surface area contributed by atoms with Gasteiger partial charge in [0.15, 0.2) is 0 Å². The predicted octanol–water partition coefficient (Wildman–Crippen LogP) is 4.35. The standard InChI is InChI=1S/C19H20N2O/c1-13(2)19-16-6-4-5-7-17(16)20-18(21-19)12-14-8-10-15(22-3)11-9-14/h4-11,13H,12H2,1-3H3. The molecule has 3 nitrogen and oxygen atoms in total. The Kier molecular flexibility index (Phi) is 4.05. The summed E-state index contributed by atoms with van der Waals surface area (Å²) in [6.45, 7) is 4.35. The zero-order chi connectivity index (χ0) is 15.5. The van der Waals surface area contributed by atoms with E-state index in [0.29, 0.717) is 5.92 Å². The third-order valence-corrected chi connectivity index (χ3v) is 3.75.